The minimum Gasteiger partial charge on any atom is -0.474 e. The summed E-state index contributed by atoms with van der Waals surface area (Å²) in [7, 11) is 0.241. The summed E-state index contributed by atoms with van der Waals surface area (Å²) >= 11 is 0. The molecule has 1 aromatic carbocycles. The molecule has 1 N–H and O–H groups in total. The molecule has 0 spiro atoms. The standard InChI is InChI=1S/C37H50N6O6S.C2H4.H2/c1-4-5-6-9-19-42(3)34(45)30-25-26(49-33-28-11-7-8-12-31(28)38-36(39-33)43-22-20-41(2)21-23-43)24-29(30)32(44)13-10-16-37(17-18-37)35(46)40-50(47,48)27-14-15-27;1-2;/h4,7-8,10-13,26-27,29-30H,1,5-6,9,14-25H2,2-3H3,(H,40,46);1-2H2;1H/t26-,29-,30-;;/m1../s1. The number of hydrogen-bond acceptors (Lipinski definition) is 10. The maximum absolute atomic E-state index is 13.9. The lowest BCUT2D eigenvalue weighted by Crippen LogP contribution is -2.45. The first-order chi connectivity index (χ1) is 25.0. The van der Waals surface area contributed by atoms with Crippen LogP contribution in [0.4, 0.5) is 5.95 Å². The van der Waals surface area contributed by atoms with Crippen molar-refractivity contribution in [2.75, 3.05) is 51.7 Å². The lowest BCUT2D eigenvalue weighted by Gasteiger charge is -2.32. The molecule has 2 heterocycles. The summed E-state index contributed by atoms with van der Waals surface area (Å²) in [4.78, 5) is 56.5. The molecule has 2 amide bonds. The van der Waals surface area contributed by atoms with Crippen LogP contribution in [0.25, 0.3) is 10.9 Å². The first kappa shape index (κ1) is 39.1. The Hall–Kier alpha value is -4.10. The number of para-hydroxylation sites is 1. The third kappa shape index (κ3) is 9.46. The number of carbonyl (C=O) groups excluding carboxylic acids is 3. The Morgan fingerprint density at radius 1 is 1.06 bits per heavy atom. The highest BCUT2D eigenvalue weighted by atomic mass is 32.2. The molecule has 3 aliphatic carbocycles. The molecule has 1 aromatic heterocycles. The minimum absolute atomic E-state index is 0. The molecule has 1 aliphatic heterocycles. The number of sulfonamides is 1. The van der Waals surface area contributed by atoms with E-state index in [1.54, 1.807) is 18.0 Å². The Morgan fingerprint density at radius 3 is 2.42 bits per heavy atom. The Bertz CT molecular complexity index is 1760. The molecule has 0 radical (unpaired) electrons. The highest BCUT2D eigenvalue weighted by Crippen LogP contribution is 2.50. The number of allylic oxidation sites excluding steroid dienone is 3. The number of fused-ring (bicyclic) bond motifs is 1. The van der Waals surface area contributed by atoms with Gasteiger partial charge in [0.25, 0.3) is 0 Å². The predicted molar refractivity (Wildman–Crippen MR) is 205 cm³/mol. The fraction of sp³-hybridized carbons (Fsp3) is 0.564. The highest BCUT2D eigenvalue weighted by Gasteiger charge is 2.51. The Labute approximate surface area is 309 Å². The zero-order valence-electron chi connectivity index (χ0n) is 30.7. The van der Waals surface area contributed by atoms with Crippen molar-refractivity contribution in [1.82, 2.24) is 24.5 Å². The molecule has 6 rings (SSSR count). The van der Waals surface area contributed by atoms with Crippen LogP contribution in [0.3, 0.4) is 0 Å². The Balaban J connectivity index is 0.00000206. The van der Waals surface area contributed by atoms with Gasteiger partial charge >= 0.3 is 0 Å². The number of anilines is 1. The number of hydrogen-bond donors (Lipinski definition) is 1. The van der Waals surface area contributed by atoms with Gasteiger partial charge in [0.2, 0.25) is 33.7 Å². The molecular formula is C39H56N6O6S. The fourth-order valence-electron chi connectivity index (χ4n) is 7.04. The van der Waals surface area contributed by atoms with E-state index in [-0.39, 0.29) is 19.5 Å². The molecular weight excluding hydrogens is 681 g/mol. The molecule has 4 aliphatic rings. The number of amides is 2. The molecule has 52 heavy (non-hydrogen) atoms. The SMILES string of the molecule is C=C.C=CCCCCN(C)C(=O)[C@@H]1C[C@H](Oc2nc(N3CCN(C)CC3)nc3ccccc23)C[C@H]1C(=O)C=CCC1(C(=O)NS(=O)(=O)C2CC2)CC1.[HH]. The number of ether oxygens (including phenoxy) is 1. The molecule has 4 fully saturated rings. The van der Waals surface area contributed by atoms with Crippen LogP contribution in [0, 0.1) is 17.3 Å². The maximum Gasteiger partial charge on any atom is 0.239 e. The van der Waals surface area contributed by atoms with Crippen LogP contribution in [-0.4, -0.2) is 104 Å². The lowest BCUT2D eigenvalue weighted by atomic mass is 9.90. The van der Waals surface area contributed by atoms with Crippen molar-refractivity contribution in [3.8, 4) is 5.88 Å². The smallest absolute Gasteiger partial charge is 0.239 e. The quantitative estimate of drug-likeness (QED) is 0.143. The second kappa shape index (κ2) is 17.2. The molecule has 13 heteroatoms. The van der Waals surface area contributed by atoms with Gasteiger partial charge < -0.3 is 19.4 Å². The van der Waals surface area contributed by atoms with Crippen LogP contribution >= 0.6 is 0 Å². The number of nitrogens with one attached hydrogen (secondary N) is 1. The Morgan fingerprint density at radius 2 is 1.75 bits per heavy atom. The normalized spacial score (nSPS) is 22.7. The molecule has 12 nitrogen and oxygen atoms in total. The number of ketones is 1. The van der Waals surface area contributed by atoms with E-state index < -0.39 is 44.5 Å². The van der Waals surface area contributed by atoms with E-state index in [1.807, 2.05) is 30.3 Å². The zero-order valence-corrected chi connectivity index (χ0v) is 31.5. The van der Waals surface area contributed by atoms with Crippen LogP contribution in [-0.2, 0) is 24.4 Å². The molecule has 0 bridgehead atoms. The number of nitrogens with zero attached hydrogens (tertiary/aromatic N) is 5. The first-order valence-electron chi connectivity index (χ1n) is 18.5. The number of rotatable bonds is 16. The van der Waals surface area contributed by atoms with Crippen LogP contribution in [0.1, 0.15) is 65.6 Å². The van der Waals surface area contributed by atoms with Crippen molar-refractivity contribution < 1.29 is 29.0 Å². The van der Waals surface area contributed by atoms with Crippen molar-refractivity contribution in [2.24, 2.45) is 17.3 Å². The third-order valence-electron chi connectivity index (χ3n) is 10.7. The van der Waals surface area contributed by atoms with Gasteiger partial charge in [-0.1, -0.05) is 24.3 Å². The summed E-state index contributed by atoms with van der Waals surface area (Å²) in [6.07, 6.45) is 10.5. The first-order valence-corrected chi connectivity index (χ1v) is 20.0. The molecule has 3 saturated carbocycles. The summed E-state index contributed by atoms with van der Waals surface area (Å²) in [5.41, 5.74) is -0.0360. The second-order valence-corrected chi connectivity index (χ2v) is 16.5. The number of aromatic nitrogens is 2. The van der Waals surface area contributed by atoms with Gasteiger partial charge in [-0.2, -0.15) is 4.98 Å². The number of piperazine rings is 1. The van der Waals surface area contributed by atoms with Crippen molar-refractivity contribution in [2.45, 2.75) is 75.6 Å². The average Bonchev–Trinajstić information content (AvgIpc) is 4.08. The number of carbonyl (C=O) groups is 3. The van der Waals surface area contributed by atoms with Crippen molar-refractivity contribution >= 4 is 44.5 Å². The number of benzene rings is 1. The van der Waals surface area contributed by atoms with Gasteiger partial charge in [-0.15, -0.1) is 19.7 Å². The molecule has 0 unspecified atom stereocenters. The van der Waals surface area contributed by atoms with E-state index >= 15 is 0 Å². The van der Waals surface area contributed by atoms with E-state index in [0.29, 0.717) is 56.9 Å². The van der Waals surface area contributed by atoms with Crippen LogP contribution in [0.5, 0.6) is 5.88 Å². The monoisotopic (exact) mass is 736 g/mol. The Kier molecular flexibility index (Phi) is 12.9. The van der Waals surface area contributed by atoms with Crippen molar-refractivity contribution in [3.05, 3.63) is 62.2 Å². The average molecular weight is 737 g/mol. The largest absolute Gasteiger partial charge is 0.474 e. The van der Waals surface area contributed by atoms with Gasteiger partial charge in [-0.05, 0) is 89.5 Å². The molecule has 2 aromatic rings. The van der Waals surface area contributed by atoms with E-state index in [0.717, 1.165) is 56.3 Å². The topological polar surface area (TPSA) is 142 Å². The minimum atomic E-state index is -3.64. The van der Waals surface area contributed by atoms with E-state index in [4.69, 9.17) is 14.7 Å². The lowest BCUT2D eigenvalue weighted by molar-refractivity contribution is -0.138. The maximum atomic E-state index is 13.9. The van der Waals surface area contributed by atoms with Gasteiger partial charge in [0, 0.05) is 47.1 Å². The van der Waals surface area contributed by atoms with E-state index in [2.05, 4.69) is 41.3 Å². The zero-order chi connectivity index (χ0) is 37.5. The number of likely N-dealkylation sites (N-methyl/N-ethyl adjacent to an activating group) is 1. The van der Waals surface area contributed by atoms with Crippen LogP contribution < -0.4 is 14.4 Å². The molecule has 284 valence electrons. The summed E-state index contributed by atoms with van der Waals surface area (Å²) in [5.74, 6) is -0.898. The van der Waals surface area contributed by atoms with E-state index in [1.165, 1.54) is 6.08 Å². The molecule has 3 atom stereocenters. The number of unbranched alkanes of at least 4 members (excludes halogenated alkanes) is 2. The van der Waals surface area contributed by atoms with Crippen LogP contribution in [0.15, 0.2) is 62.2 Å². The third-order valence-corrected chi connectivity index (χ3v) is 12.5. The van der Waals surface area contributed by atoms with Crippen LogP contribution in [0.2, 0.25) is 0 Å². The summed E-state index contributed by atoms with van der Waals surface area (Å²) in [6.45, 7) is 13.8. The molecule has 1 saturated heterocycles. The summed E-state index contributed by atoms with van der Waals surface area (Å²) < 4.78 is 33.6. The van der Waals surface area contributed by atoms with Gasteiger partial charge in [0.1, 0.15) is 6.10 Å². The van der Waals surface area contributed by atoms with E-state index in [9.17, 15) is 22.8 Å². The summed E-state index contributed by atoms with van der Waals surface area (Å²) in [5, 5.41) is 0.296. The van der Waals surface area contributed by atoms with Gasteiger partial charge in [-0.3, -0.25) is 19.1 Å². The van der Waals surface area contributed by atoms with Crippen molar-refractivity contribution in [3.63, 3.8) is 0 Å². The van der Waals surface area contributed by atoms with Gasteiger partial charge in [0.15, 0.2) is 5.78 Å². The van der Waals surface area contributed by atoms with Gasteiger partial charge in [0.05, 0.1) is 27.5 Å². The van der Waals surface area contributed by atoms with Gasteiger partial charge in [-0.25, -0.2) is 13.4 Å². The summed E-state index contributed by atoms with van der Waals surface area (Å²) in [6, 6.07) is 7.72. The van der Waals surface area contributed by atoms with Crippen molar-refractivity contribution in [1.29, 1.82) is 0 Å². The highest BCUT2D eigenvalue weighted by molar-refractivity contribution is 7.90. The predicted octanol–water partition coefficient (Wildman–Crippen LogP) is 4.92. The second-order valence-electron chi connectivity index (χ2n) is 14.6. The fourth-order valence-corrected chi connectivity index (χ4v) is 8.43.